The molecule has 3 rings (SSSR count). The molecule has 0 aliphatic heterocycles. The lowest BCUT2D eigenvalue weighted by Gasteiger charge is -2.17. The summed E-state index contributed by atoms with van der Waals surface area (Å²) < 4.78 is 0. The van der Waals surface area contributed by atoms with Gasteiger partial charge in [0.15, 0.2) is 0 Å². The van der Waals surface area contributed by atoms with Gasteiger partial charge in [0, 0.05) is 10.4 Å². The van der Waals surface area contributed by atoms with Crippen LogP contribution in [0.3, 0.4) is 0 Å². The number of carbonyl (C=O) groups is 1. The van der Waals surface area contributed by atoms with Crippen molar-refractivity contribution in [2.75, 3.05) is 0 Å². The van der Waals surface area contributed by atoms with Gasteiger partial charge in [0.2, 0.25) is 0 Å². The topological polar surface area (TPSA) is 29.1 Å². The van der Waals surface area contributed by atoms with E-state index in [0.717, 1.165) is 21.6 Å². The maximum atomic E-state index is 12.6. The van der Waals surface area contributed by atoms with Crippen LogP contribution in [0.25, 0.3) is 0 Å². The van der Waals surface area contributed by atoms with E-state index in [0.29, 0.717) is 0 Å². The van der Waals surface area contributed by atoms with Crippen LogP contribution in [0.4, 0.5) is 0 Å². The van der Waals surface area contributed by atoms with Crippen LogP contribution in [0, 0.1) is 6.92 Å². The summed E-state index contributed by atoms with van der Waals surface area (Å²) in [7, 11) is 0. The number of nitrogens with one attached hydrogen (secondary N) is 1. The number of amides is 1. The summed E-state index contributed by atoms with van der Waals surface area (Å²) in [6.07, 6.45) is 0. The largest absolute Gasteiger partial charge is 0.340 e. The Bertz CT molecular complexity index is 683. The van der Waals surface area contributed by atoms with Gasteiger partial charge in [-0.1, -0.05) is 24.3 Å². The molecule has 1 aromatic carbocycles. The summed E-state index contributed by atoms with van der Waals surface area (Å²) in [6.45, 7) is 1.96. The molecule has 0 radical (unpaired) electrons. The molecule has 1 unspecified atom stereocenters. The average molecular weight is 313 g/mol. The zero-order valence-electron chi connectivity index (χ0n) is 11.6. The van der Waals surface area contributed by atoms with E-state index >= 15 is 0 Å². The molecule has 1 atom stereocenters. The second-order valence-electron chi connectivity index (χ2n) is 4.79. The molecule has 0 saturated heterocycles. The molecule has 4 heteroatoms. The Hall–Kier alpha value is -1.91. The van der Waals surface area contributed by atoms with Crippen molar-refractivity contribution in [1.29, 1.82) is 0 Å². The number of hydrogen-bond donors (Lipinski definition) is 1. The molecule has 2 aromatic heterocycles. The Morgan fingerprint density at radius 2 is 1.95 bits per heavy atom. The first-order valence-corrected chi connectivity index (χ1v) is 8.50. The van der Waals surface area contributed by atoms with Crippen LogP contribution in [-0.2, 0) is 0 Å². The van der Waals surface area contributed by atoms with Crippen LogP contribution in [0.5, 0.6) is 0 Å². The van der Waals surface area contributed by atoms with Gasteiger partial charge >= 0.3 is 0 Å². The van der Waals surface area contributed by atoms with Crippen molar-refractivity contribution in [2.45, 2.75) is 13.0 Å². The summed E-state index contributed by atoms with van der Waals surface area (Å²) in [4.78, 5) is 13.7. The van der Waals surface area contributed by atoms with Crippen LogP contribution in [0.2, 0.25) is 0 Å². The number of thiophene rings is 2. The van der Waals surface area contributed by atoms with Gasteiger partial charge < -0.3 is 5.32 Å². The highest BCUT2D eigenvalue weighted by Crippen LogP contribution is 2.28. The number of rotatable bonds is 4. The standard InChI is InChI=1S/C17H15NOS2/c1-12-5-2-3-6-14(12)17(19)18-16(13-8-10-20-11-13)15-7-4-9-21-15/h2-11,16H,1H3,(H,18,19). The van der Waals surface area contributed by atoms with E-state index in [1.165, 1.54) is 0 Å². The minimum Gasteiger partial charge on any atom is -0.340 e. The third-order valence-electron chi connectivity index (χ3n) is 3.37. The second kappa shape index (κ2) is 6.24. The van der Waals surface area contributed by atoms with Crippen molar-refractivity contribution in [2.24, 2.45) is 0 Å². The SMILES string of the molecule is Cc1ccccc1C(=O)NC(c1ccsc1)c1cccs1. The summed E-state index contributed by atoms with van der Waals surface area (Å²) in [6, 6.07) is 13.7. The number of carbonyl (C=O) groups excluding carboxylic acids is 1. The zero-order chi connectivity index (χ0) is 14.7. The van der Waals surface area contributed by atoms with Gasteiger partial charge in [0.05, 0.1) is 6.04 Å². The fourth-order valence-electron chi connectivity index (χ4n) is 2.25. The molecule has 0 spiro atoms. The van der Waals surface area contributed by atoms with E-state index in [4.69, 9.17) is 0 Å². The maximum Gasteiger partial charge on any atom is 0.252 e. The summed E-state index contributed by atoms with van der Waals surface area (Å²) in [5.41, 5.74) is 2.85. The molecule has 0 aliphatic carbocycles. The number of benzene rings is 1. The molecular formula is C17H15NOS2. The Balaban J connectivity index is 1.89. The zero-order valence-corrected chi connectivity index (χ0v) is 13.2. The molecule has 0 aliphatic rings. The summed E-state index contributed by atoms with van der Waals surface area (Å²) >= 11 is 3.31. The van der Waals surface area contributed by atoms with E-state index in [1.807, 2.05) is 48.0 Å². The van der Waals surface area contributed by atoms with Crippen molar-refractivity contribution in [3.8, 4) is 0 Å². The van der Waals surface area contributed by atoms with Crippen LogP contribution in [-0.4, -0.2) is 5.91 Å². The molecule has 2 heterocycles. The van der Waals surface area contributed by atoms with Crippen LogP contribution in [0.15, 0.2) is 58.6 Å². The van der Waals surface area contributed by atoms with Gasteiger partial charge in [-0.2, -0.15) is 11.3 Å². The summed E-state index contributed by atoms with van der Waals surface area (Å²) in [5, 5.41) is 9.32. The highest BCUT2D eigenvalue weighted by molar-refractivity contribution is 7.10. The molecule has 0 bridgehead atoms. The van der Waals surface area contributed by atoms with Crippen LogP contribution < -0.4 is 5.32 Å². The lowest BCUT2D eigenvalue weighted by molar-refractivity contribution is 0.0943. The van der Waals surface area contributed by atoms with Gasteiger partial charge in [0.25, 0.3) is 5.91 Å². The first-order chi connectivity index (χ1) is 10.3. The Morgan fingerprint density at radius 3 is 2.62 bits per heavy atom. The molecule has 21 heavy (non-hydrogen) atoms. The van der Waals surface area contributed by atoms with Gasteiger partial charge in [-0.05, 0) is 52.4 Å². The highest BCUT2D eigenvalue weighted by atomic mass is 32.1. The predicted octanol–water partition coefficient (Wildman–Crippen LogP) is 4.64. The van der Waals surface area contributed by atoms with Gasteiger partial charge in [-0.15, -0.1) is 11.3 Å². The van der Waals surface area contributed by atoms with Gasteiger partial charge in [-0.25, -0.2) is 0 Å². The fraction of sp³-hybridized carbons (Fsp3) is 0.118. The molecule has 0 saturated carbocycles. The third kappa shape index (κ3) is 3.06. The predicted molar refractivity (Wildman–Crippen MR) is 89.1 cm³/mol. The van der Waals surface area contributed by atoms with Crippen molar-refractivity contribution in [1.82, 2.24) is 5.32 Å². The van der Waals surface area contributed by atoms with E-state index in [9.17, 15) is 4.79 Å². The van der Waals surface area contributed by atoms with Gasteiger partial charge in [-0.3, -0.25) is 4.79 Å². The van der Waals surface area contributed by atoms with Crippen molar-refractivity contribution >= 4 is 28.6 Å². The maximum absolute atomic E-state index is 12.6. The molecule has 3 aromatic rings. The van der Waals surface area contributed by atoms with Crippen LogP contribution >= 0.6 is 22.7 Å². The first-order valence-electron chi connectivity index (χ1n) is 6.67. The Morgan fingerprint density at radius 1 is 1.10 bits per heavy atom. The van der Waals surface area contributed by atoms with E-state index in [1.54, 1.807) is 22.7 Å². The lowest BCUT2D eigenvalue weighted by Crippen LogP contribution is -2.29. The normalized spacial score (nSPS) is 12.0. The van der Waals surface area contributed by atoms with Crippen molar-refractivity contribution in [3.63, 3.8) is 0 Å². The average Bonchev–Trinajstić information content (AvgIpc) is 3.18. The third-order valence-corrected chi connectivity index (χ3v) is 5.01. The molecule has 2 nitrogen and oxygen atoms in total. The van der Waals surface area contributed by atoms with E-state index in [2.05, 4.69) is 22.8 Å². The van der Waals surface area contributed by atoms with E-state index < -0.39 is 0 Å². The van der Waals surface area contributed by atoms with E-state index in [-0.39, 0.29) is 11.9 Å². The number of hydrogen-bond acceptors (Lipinski definition) is 3. The molecule has 1 N–H and O–H groups in total. The quantitative estimate of drug-likeness (QED) is 0.747. The lowest BCUT2D eigenvalue weighted by atomic mass is 10.1. The molecular weight excluding hydrogens is 298 g/mol. The first kappa shape index (κ1) is 14.0. The summed E-state index contributed by atoms with van der Waals surface area (Å²) in [5.74, 6) is -0.0299. The molecule has 106 valence electrons. The van der Waals surface area contributed by atoms with Crippen LogP contribution in [0.1, 0.15) is 32.4 Å². The molecule has 1 amide bonds. The Labute approximate surface area is 132 Å². The minimum absolute atomic E-state index is 0.0299. The molecule has 0 fully saturated rings. The monoisotopic (exact) mass is 313 g/mol. The minimum atomic E-state index is -0.0802. The Kier molecular flexibility index (Phi) is 4.18. The smallest absolute Gasteiger partial charge is 0.252 e. The van der Waals surface area contributed by atoms with Crippen molar-refractivity contribution in [3.05, 3.63) is 80.2 Å². The second-order valence-corrected chi connectivity index (χ2v) is 6.55. The highest BCUT2D eigenvalue weighted by Gasteiger charge is 2.19. The fourth-order valence-corrected chi connectivity index (χ4v) is 3.74. The number of aryl methyl sites for hydroxylation is 1. The van der Waals surface area contributed by atoms with Gasteiger partial charge in [0.1, 0.15) is 0 Å². The van der Waals surface area contributed by atoms with Crippen molar-refractivity contribution < 1.29 is 4.79 Å².